The monoisotopic (exact) mass is 235 g/mol. The zero-order valence-corrected chi connectivity index (χ0v) is 10.6. The third kappa shape index (κ3) is 2.78. The maximum absolute atomic E-state index is 11.8. The van der Waals surface area contributed by atoms with Crippen molar-refractivity contribution in [3.63, 3.8) is 0 Å². The molecule has 0 aromatic heterocycles. The van der Waals surface area contributed by atoms with Gasteiger partial charge < -0.3 is 4.90 Å². The number of hydrogen-bond donors (Lipinski definition) is 0. The molecule has 2 fully saturated rings. The van der Waals surface area contributed by atoms with Gasteiger partial charge in [-0.25, -0.2) is 0 Å². The first-order chi connectivity index (χ1) is 8.22. The average Bonchev–Trinajstić information content (AvgIpc) is 2.91. The first-order valence-electron chi connectivity index (χ1n) is 6.65. The van der Waals surface area contributed by atoms with Gasteiger partial charge in [0.05, 0.1) is 6.07 Å². The minimum Gasteiger partial charge on any atom is -0.339 e. The van der Waals surface area contributed by atoms with Crippen molar-refractivity contribution in [3.8, 4) is 6.07 Å². The average molecular weight is 235 g/mol. The number of nitriles is 1. The summed E-state index contributed by atoms with van der Waals surface area (Å²) in [6, 6.07) is 2.77. The lowest BCUT2D eigenvalue weighted by Crippen LogP contribution is -2.52. The molecule has 1 atom stereocenters. The van der Waals surface area contributed by atoms with Crippen molar-refractivity contribution in [1.29, 1.82) is 5.26 Å². The Morgan fingerprint density at radius 3 is 2.35 bits per heavy atom. The van der Waals surface area contributed by atoms with E-state index in [4.69, 9.17) is 5.26 Å². The lowest BCUT2D eigenvalue weighted by molar-refractivity contribution is -0.135. The van der Waals surface area contributed by atoms with Gasteiger partial charge in [-0.2, -0.15) is 5.26 Å². The van der Waals surface area contributed by atoms with Gasteiger partial charge in [0.25, 0.3) is 0 Å². The number of carbonyl (C=O) groups excluding carboxylic acids is 1. The number of piperazine rings is 1. The maximum Gasteiger partial charge on any atom is 0.239 e. The van der Waals surface area contributed by atoms with E-state index >= 15 is 0 Å². The van der Waals surface area contributed by atoms with Crippen molar-refractivity contribution in [2.24, 2.45) is 5.92 Å². The molecule has 1 aliphatic heterocycles. The smallest absolute Gasteiger partial charge is 0.239 e. The van der Waals surface area contributed by atoms with Crippen LogP contribution in [0.2, 0.25) is 0 Å². The first kappa shape index (κ1) is 12.4. The van der Waals surface area contributed by atoms with Gasteiger partial charge in [-0.05, 0) is 19.8 Å². The van der Waals surface area contributed by atoms with Gasteiger partial charge in [0.1, 0.15) is 5.92 Å². The number of rotatable bonds is 2. The SMILES string of the molecule is CC(C#N)C(=O)N1CCN(C2CCCC2)CC1. The molecule has 0 bridgehead atoms. The Kier molecular flexibility index (Phi) is 4.01. The van der Waals surface area contributed by atoms with E-state index in [1.54, 1.807) is 6.92 Å². The Morgan fingerprint density at radius 1 is 1.24 bits per heavy atom. The first-order valence-corrected chi connectivity index (χ1v) is 6.65. The van der Waals surface area contributed by atoms with E-state index in [9.17, 15) is 4.79 Å². The molecule has 0 spiro atoms. The van der Waals surface area contributed by atoms with Crippen molar-refractivity contribution >= 4 is 5.91 Å². The number of amides is 1. The maximum atomic E-state index is 11.8. The van der Waals surface area contributed by atoms with Crippen LogP contribution in [-0.4, -0.2) is 47.9 Å². The van der Waals surface area contributed by atoms with Crippen molar-refractivity contribution in [3.05, 3.63) is 0 Å². The molecule has 2 rings (SSSR count). The summed E-state index contributed by atoms with van der Waals surface area (Å²) in [5.41, 5.74) is 0. The van der Waals surface area contributed by atoms with Gasteiger partial charge in [-0.15, -0.1) is 0 Å². The minimum atomic E-state index is -0.493. The highest BCUT2D eigenvalue weighted by Crippen LogP contribution is 2.24. The summed E-state index contributed by atoms with van der Waals surface area (Å²) in [6.45, 7) is 5.23. The highest BCUT2D eigenvalue weighted by molar-refractivity contribution is 5.80. The molecule has 1 unspecified atom stereocenters. The second kappa shape index (κ2) is 5.50. The minimum absolute atomic E-state index is 0.00132. The molecule has 1 heterocycles. The predicted molar refractivity (Wildman–Crippen MR) is 65.2 cm³/mol. The molecule has 2 aliphatic rings. The van der Waals surface area contributed by atoms with E-state index in [1.807, 2.05) is 11.0 Å². The Labute approximate surface area is 103 Å². The number of nitrogens with zero attached hydrogens (tertiary/aromatic N) is 3. The van der Waals surface area contributed by atoms with Crippen LogP contribution in [0.5, 0.6) is 0 Å². The zero-order chi connectivity index (χ0) is 12.3. The summed E-state index contributed by atoms with van der Waals surface area (Å²) in [7, 11) is 0. The number of carbonyl (C=O) groups is 1. The quantitative estimate of drug-likeness (QED) is 0.723. The van der Waals surface area contributed by atoms with Crippen molar-refractivity contribution in [2.45, 2.75) is 38.6 Å². The van der Waals surface area contributed by atoms with Gasteiger partial charge in [0, 0.05) is 32.2 Å². The van der Waals surface area contributed by atoms with Gasteiger partial charge in [-0.1, -0.05) is 12.8 Å². The Bertz CT molecular complexity index is 309. The van der Waals surface area contributed by atoms with Crippen LogP contribution in [0.1, 0.15) is 32.6 Å². The molecule has 1 aliphatic carbocycles. The second-order valence-corrected chi connectivity index (χ2v) is 5.15. The summed E-state index contributed by atoms with van der Waals surface area (Å²) >= 11 is 0. The van der Waals surface area contributed by atoms with Crippen LogP contribution >= 0.6 is 0 Å². The lowest BCUT2D eigenvalue weighted by atomic mass is 10.1. The lowest BCUT2D eigenvalue weighted by Gasteiger charge is -2.38. The molecule has 17 heavy (non-hydrogen) atoms. The van der Waals surface area contributed by atoms with Gasteiger partial charge in [0.2, 0.25) is 5.91 Å². The summed E-state index contributed by atoms with van der Waals surface area (Å²) in [5.74, 6) is -0.494. The highest BCUT2D eigenvalue weighted by Gasteiger charge is 2.29. The summed E-state index contributed by atoms with van der Waals surface area (Å²) in [4.78, 5) is 16.2. The van der Waals surface area contributed by atoms with Crippen LogP contribution in [0.25, 0.3) is 0 Å². The van der Waals surface area contributed by atoms with E-state index < -0.39 is 5.92 Å². The Hall–Kier alpha value is -1.08. The van der Waals surface area contributed by atoms with E-state index in [0.717, 1.165) is 32.2 Å². The fourth-order valence-electron chi connectivity index (χ4n) is 2.91. The van der Waals surface area contributed by atoms with Crippen LogP contribution < -0.4 is 0 Å². The van der Waals surface area contributed by atoms with Crippen LogP contribution in [0.15, 0.2) is 0 Å². The largest absolute Gasteiger partial charge is 0.339 e. The normalized spacial score (nSPS) is 24.6. The molecule has 1 saturated heterocycles. The Morgan fingerprint density at radius 2 is 1.82 bits per heavy atom. The third-order valence-electron chi connectivity index (χ3n) is 4.03. The molecule has 0 aromatic rings. The zero-order valence-electron chi connectivity index (χ0n) is 10.6. The van der Waals surface area contributed by atoms with E-state index in [0.29, 0.717) is 0 Å². The standard InChI is InChI=1S/C13H21N3O/c1-11(10-14)13(17)16-8-6-15(7-9-16)12-4-2-3-5-12/h11-12H,2-9H2,1H3. The summed E-state index contributed by atoms with van der Waals surface area (Å²) in [5, 5.41) is 8.75. The van der Waals surface area contributed by atoms with Gasteiger partial charge >= 0.3 is 0 Å². The van der Waals surface area contributed by atoms with Crippen LogP contribution in [0.4, 0.5) is 0 Å². The molecular formula is C13H21N3O. The van der Waals surface area contributed by atoms with Crippen molar-refractivity contribution in [2.75, 3.05) is 26.2 Å². The molecule has 1 saturated carbocycles. The van der Waals surface area contributed by atoms with Gasteiger partial charge in [-0.3, -0.25) is 9.69 Å². The topological polar surface area (TPSA) is 47.3 Å². The molecule has 0 aromatic carbocycles. The fourth-order valence-corrected chi connectivity index (χ4v) is 2.91. The van der Waals surface area contributed by atoms with E-state index in [2.05, 4.69) is 4.90 Å². The molecule has 1 amide bonds. The summed E-state index contributed by atoms with van der Waals surface area (Å²) < 4.78 is 0. The fraction of sp³-hybridized carbons (Fsp3) is 0.846. The Balaban J connectivity index is 1.81. The van der Waals surface area contributed by atoms with E-state index in [-0.39, 0.29) is 5.91 Å². The molecule has 4 nitrogen and oxygen atoms in total. The van der Waals surface area contributed by atoms with Crippen molar-refractivity contribution < 1.29 is 4.79 Å². The molecule has 0 radical (unpaired) electrons. The molecule has 0 N–H and O–H groups in total. The van der Waals surface area contributed by atoms with E-state index in [1.165, 1.54) is 25.7 Å². The van der Waals surface area contributed by atoms with Crippen molar-refractivity contribution in [1.82, 2.24) is 9.80 Å². The molecule has 4 heteroatoms. The van der Waals surface area contributed by atoms with Gasteiger partial charge in [0.15, 0.2) is 0 Å². The highest BCUT2D eigenvalue weighted by atomic mass is 16.2. The summed E-state index contributed by atoms with van der Waals surface area (Å²) in [6.07, 6.45) is 5.36. The number of hydrogen-bond acceptors (Lipinski definition) is 3. The van der Waals surface area contributed by atoms with Crippen LogP contribution in [-0.2, 0) is 4.79 Å². The van der Waals surface area contributed by atoms with Crippen LogP contribution in [0.3, 0.4) is 0 Å². The molecular weight excluding hydrogens is 214 g/mol. The molecule has 94 valence electrons. The second-order valence-electron chi connectivity index (χ2n) is 5.15. The van der Waals surface area contributed by atoms with Crippen LogP contribution in [0, 0.1) is 17.2 Å². The third-order valence-corrected chi connectivity index (χ3v) is 4.03. The predicted octanol–water partition coefficient (Wildman–Crippen LogP) is 1.23.